The van der Waals surface area contributed by atoms with E-state index < -0.39 is 15.8 Å². The Hall–Kier alpha value is -1.35. The van der Waals surface area contributed by atoms with Crippen LogP contribution in [0.2, 0.25) is 0 Å². The zero-order chi connectivity index (χ0) is 11.5. The molecule has 0 aromatic heterocycles. The van der Waals surface area contributed by atoms with Crippen molar-refractivity contribution in [3.05, 3.63) is 11.1 Å². The van der Waals surface area contributed by atoms with Gasteiger partial charge in [-0.25, -0.2) is 13.2 Å². The van der Waals surface area contributed by atoms with E-state index in [0.717, 1.165) is 0 Å². The molecule has 15 heavy (non-hydrogen) atoms. The number of nitriles is 1. The van der Waals surface area contributed by atoms with E-state index in [2.05, 4.69) is 4.74 Å². The zero-order valence-corrected chi connectivity index (χ0v) is 9.13. The first-order chi connectivity index (χ1) is 7.00. The Morgan fingerprint density at radius 1 is 1.60 bits per heavy atom. The lowest BCUT2D eigenvalue weighted by Crippen LogP contribution is -2.10. The van der Waals surface area contributed by atoms with Crippen LogP contribution in [0.3, 0.4) is 0 Å². The van der Waals surface area contributed by atoms with Gasteiger partial charge in [0, 0.05) is 0 Å². The number of ether oxygens (including phenoxy) is 1. The van der Waals surface area contributed by atoms with Crippen molar-refractivity contribution >= 4 is 15.8 Å². The number of nitrogens with zero attached hydrogens (tertiary/aromatic N) is 1. The third-order valence-electron chi connectivity index (χ3n) is 2.05. The maximum absolute atomic E-state index is 11.3. The van der Waals surface area contributed by atoms with Crippen LogP contribution < -0.4 is 0 Å². The van der Waals surface area contributed by atoms with Crippen LogP contribution in [0.5, 0.6) is 0 Å². The first-order valence-corrected chi connectivity index (χ1v) is 6.32. The van der Waals surface area contributed by atoms with Crippen LogP contribution in [0, 0.1) is 11.3 Å². The Kier molecular flexibility index (Phi) is 3.48. The SMILES string of the molecule is CCOC(=O)/C(C#N)=C1/CCS(=O)(=O)C1. The van der Waals surface area contributed by atoms with Crippen molar-refractivity contribution in [3.63, 3.8) is 0 Å². The highest BCUT2D eigenvalue weighted by molar-refractivity contribution is 7.91. The summed E-state index contributed by atoms with van der Waals surface area (Å²) in [6.07, 6.45) is 0.254. The second kappa shape index (κ2) is 4.45. The Labute approximate surface area is 88.3 Å². The Balaban J connectivity index is 2.98. The van der Waals surface area contributed by atoms with Gasteiger partial charge in [-0.2, -0.15) is 5.26 Å². The van der Waals surface area contributed by atoms with E-state index in [-0.39, 0.29) is 30.1 Å². The molecule has 0 aromatic carbocycles. The van der Waals surface area contributed by atoms with Gasteiger partial charge in [0.1, 0.15) is 11.6 Å². The van der Waals surface area contributed by atoms with E-state index in [4.69, 9.17) is 5.26 Å². The molecule has 82 valence electrons. The molecule has 0 aliphatic carbocycles. The summed E-state index contributed by atoms with van der Waals surface area (Å²) >= 11 is 0. The smallest absolute Gasteiger partial charge is 0.348 e. The average molecular weight is 229 g/mol. The largest absolute Gasteiger partial charge is 0.462 e. The minimum absolute atomic E-state index is 0.00686. The second-order valence-corrected chi connectivity index (χ2v) is 5.34. The van der Waals surface area contributed by atoms with Crippen molar-refractivity contribution in [3.8, 4) is 6.07 Å². The lowest BCUT2D eigenvalue weighted by atomic mass is 10.1. The summed E-state index contributed by atoms with van der Waals surface area (Å²) in [5, 5.41) is 8.75. The highest BCUT2D eigenvalue weighted by atomic mass is 32.2. The van der Waals surface area contributed by atoms with Gasteiger partial charge >= 0.3 is 5.97 Å². The molecule has 0 amide bonds. The average Bonchev–Trinajstić information content (AvgIpc) is 2.48. The van der Waals surface area contributed by atoms with Gasteiger partial charge in [-0.05, 0) is 18.9 Å². The maximum atomic E-state index is 11.3. The molecule has 0 N–H and O–H groups in total. The number of esters is 1. The fourth-order valence-electron chi connectivity index (χ4n) is 1.36. The van der Waals surface area contributed by atoms with Gasteiger partial charge in [-0.1, -0.05) is 0 Å². The molecule has 1 aliphatic rings. The predicted octanol–water partition coefficient (Wildman–Crippen LogP) is 0.188. The van der Waals surface area contributed by atoms with Gasteiger partial charge < -0.3 is 4.74 Å². The van der Waals surface area contributed by atoms with Crippen molar-refractivity contribution in [1.29, 1.82) is 5.26 Å². The van der Waals surface area contributed by atoms with Gasteiger partial charge in [-0.3, -0.25) is 0 Å². The lowest BCUT2D eigenvalue weighted by molar-refractivity contribution is -0.138. The molecule has 1 saturated heterocycles. The van der Waals surface area contributed by atoms with E-state index in [1.54, 1.807) is 13.0 Å². The van der Waals surface area contributed by atoms with Crippen molar-refractivity contribution in [2.24, 2.45) is 0 Å². The van der Waals surface area contributed by atoms with Crippen molar-refractivity contribution in [2.45, 2.75) is 13.3 Å². The molecule has 0 radical (unpaired) electrons. The van der Waals surface area contributed by atoms with Crippen molar-refractivity contribution in [1.82, 2.24) is 0 Å². The van der Waals surface area contributed by atoms with E-state index in [9.17, 15) is 13.2 Å². The normalized spacial score (nSPS) is 21.9. The number of rotatable bonds is 2. The topological polar surface area (TPSA) is 84.2 Å². The third-order valence-corrected chi connectivity index (χ3v) is 3.67. The van der Waals surface area contributed by atoms with E-state index >= 15 is 0 Å². The number of sulfone groups is 1. The summed E-state index contributed by atoms with van der Waals surface area (Å²) in [5.74, 6) is -0.922. The Morgan fingerprint density at radius 2 is 2.27 bits per heavy atom. The van der Waals surface area contributed by atoms with Crippen LogP contribution >= 0.6 is 0 Å². The van der Waals surface area contributed by atoms with E-state index in [1.165, 1.54) is 0 Å². The summed E-state index contributed by atoms with van der Waals surface area (Å²) < 4.78 is 27.0. The molecule has 5 nitrogen and oxygen atoms in total. The van der Waals surface area contributed by atoms with Gasteiger partial charge in [0.25, 0.3) is 0 Å². The Morgan fingerprint density at radius 3 is 2.67 bits per heavy atom. The molecule has 0 aromatic rings. The molecule has 0 atom stereocenters. The molecular formula is C9H11NO4S. The summed E-state index contributed by atoms with van der Waals surface area (Å²) in [7, 11) is -3.12. The fourth-order valence-corrected chi connectivity index (χ4v) is 2.88. The minimum Gasteiger partial charge on any atom is -0.462 e. The van der Waals surface area contributed by atoms with E-state index in [1.807, 2.05) is 0 Å². The molecule has 1 rings (SSSR count). The third kappa shape index (κ3) is 2.80. The lowest BCUT2D eigenvalue weighted by Gasteiger charge is -2.01. The molecular weight excluding hydrogens is 218 g/mol. The summed E-state index contributed by atoms with van der Waals surface area (Å²) in [5.41, 5.74) is 0.217. The maximum Gasteiger partial charge on any atom is 0.348 e. The van der Waals surface area contributed by atoms with Crippen LogP contribution in [0.15, 0.2) is 11.1 Å². The second-order valence-electron chi connectivity index (χ2n) is 3.15. The summed E-state index contributed by atoms with van der Waals surface area (Å²) in [4.78, 5) is 11.3. The van der Waals surface area contributed by atoms with Crippen LogP contribution in [-0.4, -0.2) is 32.5 Å². The van der Waals surface area contributed by atoms with Crippen molar-refractivity contribution in [2.75, 3.05) is 18.1 Å². The van der Waals surface area contributed by atoms with Gasteiger partial charge in [0.15, 0.2) is 9.84 Å². The van der Waals surface area contributed by atoms with E-state index in [0.29, 0.717) is 5.57 Å². The fraction of sp³-hybridized carbons (Fsp3) is 0.556. The Bertz CT molecular complexity index is 441. The van der Waals surface area contributed by atoms with Crippen molar-refractivity contribution < 1.29 is 17.9 Å². The summed E-state index contributed by atoms with van der Waals surface area (Å²) in [6.45, 7) is 1.80. The molecule has 1 aliphatic heterocycles. The quantitative estimate of drug-likeness (QED) is 0.383. The molecule has 0 spiro atoms. The molecule has 0 bridgehead atoms. The molecule has 0 unspecified atom stereocenters. The number of carbonyl (C=O) groups excluding carboxylic acids is 1. The first-order valence-electron chi connectivity index (χ1n) is 4.50. The molecule has 1 fully saturated rings. The number of carbonyl (C=O) groups is 1. The highest BCUT2D eigenvalue weighted by Crippen LogP contribution is 2.21. The standard InChI is InChI=1S/C9H11NO4S/c1-2-14-9(11)8(5-10)7-3-4-15(12,13)6-7/h2-4,6H2,1H3/b8-7-. The molecule has 6 heteroatoms. The summed E-state index contributed by atoms with van der Waals surface area (Å²) in [6, 6.07) is 1.71. The van der Waals surface area contributed by atoms with Gasteiger partial charge in [-0.15, -0.1) is 0 Å². The monoisotopic (exact) mass is 229 g/mol. The first kappa shape index (κ1) is 11.7. The number of hydrogen-bond donors (Lipinski definition) is 0. The molecule has 1 heterocycles. The van der Waals surface area contributed by atoms with Gasteiger partial charge in [0.05, 0.1) is 18.1 Å². The van der Waals surface area contributed by atoms with Gasteiger partial charge in [0.2, 0.25) is 0 Å². The molecule has 0 saturated carbocycles. The minimum atomic E-state index is -3.12. The highest BCUT2D eigenvalue weighted by Gasteiger charge is 2.28. The number of hydrogen-bond acceptors (Lipinski definition) is 5. The zero-order valence-electron chi connectivity index (χ0n) is 8.32. The van der Waals surface area contributed by atoms with Crippen LogP contribution in [0.1, 0.15) is 13.3 Å². The van der Waals surface area contributed by atoms with Crippen LogP contribution in [0.4, 0.5) is 0 Å². The van der Waals surface area contributed by atoms with Crippen LogP contribution in [-0.2, 0) is 19.4 Å². The predicted molar refractivity (Wildman–Crippen MR) is 52.5 cm³/mol. The van der Waals surface area contributed by atoms with Crippen LogP contribution in [0.25, 0.3) is 0 Å².